The molecule has 0 saturated heterocycles. The fourth-order valence-electron chi connectivity index (χ4n) is 8.86. The van der Waals surface area contributed by atoms with Gasteiger partial charge in [0.25, 0.3) is 0 Å². The van der Waals surface area contributed by atoms with Crippen LogP contribution in [0.25, 0.3) is 0 Å². The van der Waals surface area contributed by atoms with E-state index in [1.165, 1.54) is 295 Å². The van der Waals surface area contributed by atoms with Crippen LogP contribution in [-0.4, -0.2) is 13.0 Å². The van der Waals surface area contributed by atoms with Gasteiger partial charge in [0.05, 0.1) is 4.90 Å². The first-order chi connectivity index (χ1) is 28.0. The molecule has 1 aromatic carbocycles. The summed E-state index contributed by atoms with van der Waals surface area (Å²) in [6, 6.07) is 6.52. The molecule has 0 aliphatic rings. The van der Waals surface area contributed by atoms with Crippen molar-refractivity contribution in [2.45, 2.75) is 307 Å². The molecule has 1 aromatic rings. The Balaban J connectivity index is 0.0000325. The van der Waals surface area contributed by atoms with E-state index in [1.807, 2.05) is 6.07 Å². The minimum absolute atomic E-state index is 0. The molecule has 3 nitrogen and oxygen atoms in total. The summed E-state index contributed by atoms with van der Waals surface area (Å²) < 4.78 is 33.5. The molecular formula is C53H99KO3S. The molecule has 0 radical (unpaired) electrons. The van der Waals surface area contributed by atoms with E-state index in [0.29, 0.717) is 0 Å². The summed E-state index contributed by atoms with van der Waals surface area (Å²) in [5.41, 5.74) is 0.953. The predicted molar refractivity (Wildman–Crippen MR) is 252 cm³/mol. The summed E-state index contributed by atoms with van der Waals surface area (Å²) in [5.74, 6) is 0. The SMILES string of the molecule is CCCCCCCCCCCCCCCCCCCCCCCCCCCCCCCCCCCCCCCCCCCCCCCc1cccc(S(=O)(=O)[O-])c1.[K+]. The van der Waals surface area contributed by atoms with Crippen LogP contribution in [0.4, 0.5) is 0 Å². The second-order valence-corrected chi connectivity index (χ2v) is 19.8. The smallest absolute Gasteiger partial charge is 0.744 e. The van der Waals surface area contributed by atoms with Crippen molar-refractivity contribution in [3.05, 3.63) is 29.8 Å². The zero-order valence-electron chi connectivity index (χ0n) is 39.5. The normalized spacial score (nSPS) is 11.7. The van der Waals surface area contributed by atoms with Gasteiger partial charge in [-0.2, -0.15) is 0 Å². The third-order valence-electron chi connectivity index (χ3n) is 12.8. The van der Waals surface area contributed by atoms with Crippen molar-refractivity contribution < 1.29 is 64.4 Å². The van der Waals surface area contributed by atoms with Crippen molar-refractivity contribution in [1.29, 1.82) is 0 Å². The van der Waals surface area contributed by atoms with E-state index in [0.717, 1.165) is 18.4 Å². The molecule has 0 N–H and O–H groups in total. The molecule has 58 heavy (non-hydrogen) atoms. The number of aryl methyl sites for hydroxylation is 1. The minimum Gasteiger partial charge on any atom is -0.744 e. The molecule has 0 aromatic heterocycles. The van der Waals surface area contributed by atoms with Gasteiger partial charge in [-0.3, -0.25) is 0 Å². The van der Waals surface area contributed by atoms with Crippen LogP contribution in [0, 0.1) is 0 Å². The Kier molecular flexibility index (Phi) is 47.9. The fourth-order valence-corrected chi connectivity index (χ4v) is 9.40. The summed E-state index contributed by atoms with van der Waals surface area (Å²) >= 11 is 0. The maximum Gasteiger partial charge on any atom is 1.00 e. The Morgan fingerprint density at radius 2 is 0.552 bits per heavy atom. The summed E-state index contributed by atoms with van der Waals surface area (Å²) in [6.07, 6.45) is 65.4. The summed E-state index contributed by atoms with van der Waals surface area (Å²) in [6.45, 7) is 2.31. The van der Waals surface area contributed by atoms with E-state index < -0.39 is 10.1 Å². The number of hydrogen-bond acceptors (Lipinski definition) is 3. The van der Waals surface area contributed by atoms with Crippen molar-refractivity contribution in [3.8, 4) is 0 Å². The molecule has 1 rings (SSSR count). The van der Waals surface area contributed by atoms with Gasteiger partial charge in [0.15, 0.2) is 0 Å². The fraction of sp³-hybridized carbons (Fsp3) is 0.887. The van der Waals surface area contributed by atoms with Crippen molar-refractivity contribution in [1.82, 2.24) is 0 Å². The van der Waals surface area contributed by atoms with Gasteiger partial charge < -0.3 is 4.55 Å². The van der Waals surface area contributed by atoms with Crippen molar-refractivity contribution >= 4 is 10.1 Å². The van der Waals surface area contributed by atoms with Gasteiger partial charge in [-0.25, -0.2) is 8.42 Å². The Hall–Kier alpha value is 0.766. The molecule has 0 spiro atoms. The van der Waals surface area contributed by atoms with Crippen LogP contribution in [0.2, 0.25) is 0 Å². The van der Waals surface area contributed by atoms with Crippen LogP contribution in [0.15, 0.2) is 29.2 Å². The van der Waals surface area contributed by atoms with E-state index in [9.17, 15) is 13.0 Å². The van der Waals surface area contributed by atoms with Crippen LogP contribution in [0.5, 0.6) is 0 Å². The number of benzene rings is 1. The topological polar surface area (TPSA) is 57.2 Å². The number of unbranched alkanes of at least 4 members (excludes halogenated alkanes) is 44. The van der Waals surface area contributed by atoms with Gasteiger partial charge in [-0.05, 0) is 30.5 Å². The molecule has 0 aliphatic heterocycles. The van der Waals surface area contributed by atoms with Gasteiger partial charge in [0.2, 0.25) is 0 Å². The third-order valence-corrected chi connectivity index (χ3v) is 13.6. The zero-order valence-corrected chi connectivity index (χ0v) is 43.4. The molecule has 0 unspecified atom stereocenters. The summed E-state index contributed by atoms with van der Waals surface area (Å²) in [7, 11) is -4.35. The van der Waals surface area contributed by atoms with Crippen LogP contribution in [-0.2, 0) is 16.5 Å². The Morgan fingerprint density at radius 1 is 0.345 bits per heavy atom. The van der Waals surface area contributed by atoms with Crippen LogP contribution in [0.3, 0.4) is 0 Å². The quantitative estimate of drug-likeness (QED) is 0.0373. The molecule has 0 fully saturated rings. The average molecular weight is 856 g/mol. The molecule has 0 amide bonds. The largest absolute Gasteiger partial charge is 1.00 e. The maximum atomic E-state index is 11.2. The summed E-state index contributed by atoms with van der Waals surface area (Å²) in [4.78, 5) is -0.104. The Bertz CT molecular complexity index is 1040. The van der Waals surface area contributed by atoms with Gasteiger partial charge in [-0.1, -0.05) is 302 Å². The van der Waals surface area contributed by atoms with Crippen molar-refractivity contribution in [3.63, 3.8) is 0 Å². The van der Waals surface area contributed by atoms with Crippen molar-refractivity contribution in [2.24, 2.45) is 0 Å². The van der Waals surface area contributed by atoms with Crippen LogP contribution < -0.4 is 51.4 Å². The standard InChI is InChI=1S/C53H100O3S.K/c1-2-3-4-5-6-7-8-9-10-11-12-13-14-15-16-17-18-19-20-21-22-23-24-25-26-27-28-29-30-31-32-33-34-35-36-37-38-39-40-41-42-43-44-45-46-48-52-49-47-50-53(51-52)57(54,55)56;/h47,49-51H,2-46,48H2,1H3,(H,54,55,56);/q;+1/p-1. The van der Waals surface area contributed by atoms with Crippen molar-refractivity contribution in [2.75, 3.05) is 0 Å². The van der Waals surface area contributed by atoms with Gasteiger partial charge in [-0.15, -0.1) is 0 Å². The molecule has 336 valence electrons. The molecule has 0 atom stereocenters. The summed E-state index contributed by atoms with van der Waals surface area (Å²) in [5, 5.41) is 0. The van der Waals surface area contributed by atoms with Crippen LogP contribution in [0.1, 0.15) is 301 Å². The van der Waals surface area contributed by atoms with Crippen LogP contribution >= 0.6 is 0 Å². The third kappa shape index (κ3) is 43.4. The number of rotatable bonds is 47. The monoisotopic (exact) mass is 855 g/mol. The molecule has 0 saturated carbocycles. The van der Waals surface area contributed by atoms with E-state index in [4.69, 9.17) is 0 Å². The maximum absolute atomic E-state index is 11.2. The predicted octanol–water partition coefficient (Wildman–Crippen LogP) is 15.7. The molecule has 0 aliphatic carbocycles. The molecule has 0 heterocycles. The van der Waals surface area contributed by atoms with E-state index in [2.05, 4.69) is 6.92 Å². The Labute approximate surface area is 407 Å². The molecule has 0 bridgehead atoms. The van der Waals surface area contributed by atoms with E-state index in [1.54, 1.807) is 6.07 Å². The minimum atomic E-state index is -4.35. The average Bonchev–Trinajstić information content (AvgIpc) is 3.20. The first-order valence-corrected chi connectivity index (χ1v) is 27.5. The second kappa shape index (κ2) is 47.3. The van der Waals surface area contributed by atoms with Gasteiger partial charge >= 0.3 is 51.4 Å². The zero-order chi connectivity index (χ0) is 41.0. The first kappa shape index (κ1) is 58.8. The second-order valence-electron chi connectivity index (χ2n) is 18.4. The molecule has 5 heteroatoms. The van der Waals surface area contributed by atoms with Gasteiger partial charge in [0.1, 0.15) is 10.1 Å². The van der Waals surface area contributed by atoms with E-state index in [-0.39, 0.29) is 56.3 Å². The number of hydrogen-bond donors (Lipinski definition) is 0. The first-order valence-electron chi connectivity index (χ1n) is 26.1. The van der Waals surface area contributed by atoms with Gasteiger partial charge in [0, 0.05) is 0 Å². The van der Waals surface area contributed by atoms with E-state index >= 15 is 0 Å². The molecular weight excluding hydrogens is 756 g/mol. The Morgan fingerprint density at radius 3 is 0.759 bits per heavy atom.